The zero-order chi connectivity index (χ0) is 19.4. The Morgan fingerprint density at radius 3 is 2.41 bits per heavy atom. The molecule has 6 nitrogen and oxygen atoms in total. The number of rotatable bonds is 6. The highest BCUT2D eigenvalue weighted by Gasteiger charge is 2.21. The van der Waals surface area contributed by atoms with Gasteiger partial charge in [-0.05, 0) is 31.0 Å². The first-order chi connectivity index (χ1) is 13.0. The van der Waals surface area contributed by atoms with Gasteiger partial charge in [0.05, 0.1) is 17.4 Å². The van der Waals surface area contributed by atoms with Crippen molar-refractivity contribution in [3.8, 4) is 0 Å². The van der Waals surface area contributed by atoms with Gasteiger partial charge in [-0.25, -0.2) is 4.79 Å². The minimum Gasteiger partial charge on any atom is -0.354 e. The van der Waals surface area contributed by atoms with Gasteiger partial charge < -0.3 is 5.32 Å². The van der Waals surface area contributed by atoms with Crippen molar-refractivity contribution in [2.45, 2.75) is 32.9 Å². The molecule has 1 atom stereocenters. The minimum absolute atomic E-state index is 0.159. The maximum Gasteiger partial charge on any atom is 0.332 e. The quantitative estimate of drug-likeness (QED) is 0.728. The molecule has 3 rings (SSSR count). The monoisotopic (exact) mass is 365 g/mol. The van der Waals surface area contributed by atoms with Crippen molar-refractivity contribution < 1.29 is 4.79 Å². The maximum absolute atomic E-state index is 13.2. The molecule has 0 bridgehead atoms. The number of nitrogens with one attached hydrogen (secondary N) is 1. The number of carbonyl (C=O) groups excluding carboxylic acids is 1. The number of fused-ring (bicyclic) bond motifs is 1. The Hall–Kier alpha value is -3.15. The van der Waals surface area contributed by atoms with Gasteiger partial charge in [0, 0.05) is 6.54 Å². The lowest BCUT2D eigenvalue weighted by Crippen LogP contribution is -2.44. The van der Waals surface area contributed by atoms with Crippen LogP contribution in [0.3, 0.4) is 0 Å². The summed E-state index contributed by atoms with van der Waals surface area (Å²) in [5, 5.41) is 3.24. The highest BCUT2D eigenvalue weighted by molar-refractivity contribution is 5.84. The van der Waals surface area contributed by atoms with Crippen LogP contribution >= 0.6 is 0 Å². The SMILES string of the molecule is CCCNC(=O)[C@H](C)n1c(=O)n(Cc2ccccc2)c(=O)c2ccccc21. The van der Waals surface area contributed by atoms with Crippen LogP contribution in [0.4, 0.5) is 0 Å². The van der Waals surface area contributed by atoms with Crippen molar-refractivity contribution in [2.75, 3.05) is 6.54 Å². The van der Waals surface area contributed by atoms with Crippen LogP contribution in [0.5, 0.6) is 0 Å². The molecule has 0 aliphatic carbocycles. The Morgan fingerprint density at radius 1 is 1.04 bits per heavy atom. The molecule has 6 heteroatoms. The number of nitrogens with zero attached hydrogens (tertiary/aromatic N) is 2. The second-order valence-corrected chi connectivity index (χ2v) is 6.51. The molecule has 0 saturated heterocycles. The first kappa shape index (κ1) is 18.6. The highest BCUT2D eigenvalue weighted by atomic mass is 16.2. The summed E-state index contributed by atoms with van der Waals surface area (Å²) in [6, 6.07) is 15.5. The zero-order valence-electron chi connectivity index (χ0n) is 15.5. The van der Waals surface area contributed by atoms with Crippen LogP contribution in [0, 0.1) is 0 Å². The fraction of sp³-hybridized carbons (Fsp3) is 0.286. The lowest BCUT2D eigenvalue weighted by atomic mass is 10.2. The number of benzene rings is 2. The van der Waals surface area contributed by atoms with E-state index < -0.39 is 11.7 Å². The Morgan fingerprint density at radius 2 is 1.70 bits per heavy atom. The average Bonchev–Trinajstić information content (AvgIpc) is 2.70. The minimum atomic E-state index is -0.725. The summed E-state index contributed by atoms with van der Waals surface area (Å²) in [5.41, 5.74) is 0.483. The fourth-order valence-electron chi connectivity index (χ4n) is 3.12. The molecule has 0 fully saturated rings. The van der Waals surface area contributed by atoms with E-state index in [0.717, 1.165) is 12.0 Å². The molecule has 0 spiro atoms. The second kappa shape index (κ2) is 8.03. The van der Waals surface area contributed by atoms with E-state index in [9.17, 15) is 14.4 Å². The second-order valence-electron chi connectivity index (χ2n) is 6.51. The van der Waals surface area contributed by atoms with E-state index in [1.54, 1.807) is 31.2 Å². The molecule has 1 N–H and O–H groups in total. The predicted octanol–water partition coefficient (Wildman–Crippen LogP) is 2.30. The largest absolute Gasteiger partial charge is 0.354 e. The van der Waals surface area contributed by atoms with Crippen molar-refractivity contribution >= 4 is 16.8 Å². The molecular weight excluding hydrogens is 342 g/mol. The Labute approximate surface area is 157 Å². The van der Waals surface area contributed by atoms with Gasteiger partial charge in [0.25, 0.3) is 5.56 Å². The van der Waals surface area contributed by atoms with Gasteiger partial charge in [-0.1, -0.05) is 49.4 Å². The lowest BCUT2D eigenvalue weighted by molar-refractivity contribution is -0.123. The van der Waals surface area contributed by atoms with E-state index in [4.69, 9.17) is 0 Å². The fourth-order valence-corrected chi connectivity index (χ4v) is 3.12. The molecular formula is C21H23N3O3. The maximum atomic E-state index is 13.2. The number of hydrogen-bond donors (Lipinski definition) is 1. The van der Waals surface area contributed by atoms with Crippen molar-refractivity contribution in [3.05, 3.63) is 81.0 Å². The standard InChI is InChI=1S/C21H23N3O3/c1-3-13-22-19(25)15(2)24-18-12-8-7-11-17(18)20(26)23(21(24)27)14-16-9-5-4-6-10-16/h4-12,15H,3,13-14H2,1-2H3,(H,22,25)/t15-/m0/s1. The van der Waals surface area contributed by atoms with E-state index in [1.807, 2.05) is 37.3 Å². The van der Waals surface area contributed by atoms with Gasteiger partial charge in [0.2, 0.25) is 5.91 Å². The Kier molecular flexibility index (Phi) is 5.54. The number of carbonyl (C=O) groups is 1. The molecule has 1 aromatic heterocycles. The van der Waals surface area contributed by atoms with Crippen LogP contribution < -0.4 is 16.6 Å². The molecule has 1 amide bonds. The van der Waals surface area contributed by atoms with E-state index >= 15 is 0 Å². The molecule has 1 heterocycles. The summed E-state index contributed by atoms with van der Waals surface area (Å²) < 4.78 is 2.60. The normalized spacial score (nSPS) is 12.1. The third kappa shape index (κ3) is 3.69. The average molecular weight is 365 g/mol. The van der Waals surface area contributed by atoms with Gasteiger partial charge in [0.1, 0.15) is 6.04 Å². The van der Waals surface area contributed by atoms with E-state index in [1.165, 1.54) is 9.13 Å². The van der Waals surface area contributed by atoms with E-state index in [-0.39, 0.29) is 18.0 Å². The molecule has 3 aromatic rings. The molecule has 0 aliphatic rings. The van der Waals surface area contributed by atoms with Crippen LogP contribution in [0.2, 0.25) is 0 Å². The van der Waals surface area contributed by atoms with Crippen LogP contribution in [0.15, 0.2) is 64.2 Å². The zero-order valence-corrected chi connectivity index (χ0v) is 15.5. The molecule has 0 saturated carbocycles. The summed E-state index contributed by atoms with van der Waals surface area (Å²) >= 11 is 0. The Balaban J connectivity index is 2.19. The van der Waals surface area contributed by atoms with Crippen molar-refractivity contribution in [3.63, 3.8) is 0 Å². The topological polar surface area (TPSA) is 73.1 Å². The number of hydrogen-bond acceptors (Lipinski definition) is 3. The van der Waals surface area contributed by atoms with Crippen LogP contribution in [-0.4, -0.2) is 21.6 Å². The third-order valence-electron chi connectivity index (χ3n) is 4.58. The summed E-state index contributed by atoms with van der Waals surface area (Å²) in [6.45, 7) is 4.34. The van der Waals surface area contributed by atoms with Gasteiger partial charge >= 0.3 is 5.69 Å². The molecule has 140 valence electrons. The van der Waals surface area contributed by atoms with Gasteiger partial charge in [-0.3, -0.25) is 18.7 Å². The first-order valence-electron chi connectivity index (χ1n) is 9.10. The molecule has 0 unspecified atom stereocenters. The van der Waals surface area contributed by atoms with E-state index in [0.29, 0.717) is 17.4 Å². The van der Waals surface area contributed by atoms with Crippen molar-refractivity contribution in [2.24, 2.45) is 0 Å². The summed E-state index contributed by atoms with van der Waals surface area (Å²) in [7, 11) is 0. The smallest absolute Gasteiger partial charge is 0.332 e. The van der Waals surface area contributed by atoms with Crippen LogP contribution in [0.1, 0.15) is 31.9 Å². The predicted molar refractivity (Wildman–Crippen MR) is 106 cm³/mol. The van der Waals surface area contributed by atoms with Gasteiger partial charge in [0.15, 0.2) is 0 Å². The molecule has 0 radical (unpaired) electrons. The van der Waals surface area contributed by atoms with Crippen LogP contribution in [-0.2, 0) is 11.3 Å². The summed E-state index contributed by atoms with van der Waals surface area (Å²) in [4.78, 5) is 38.6. The van der Waals surface area contributed by atoms with Crippen LogP contribution in [0.25, 0.3) is 10.9 Å². The van der Waals surface area contributed by atoms with Crippen molar-refractivity contribution in [1.29, 1.82) is 0 Å². The van der Waals surface area contributed by atoms with Gasteiger partial charge in [-0.2, -0.15) is 0 Å². The Bertz CT molecular complexity index is 1070. The number of amides is 1. The summed E-state index contributed by atoms with van der Waals surface area (Å²) in [5.74, 6) is -0.242. The third-order valence-corrected chi connectivity index (χ3v) is 4.58. The molecule has 2 aromatic carbocycles. The van der Waals surface area contributed by atoms with Gasteiger partial charge in [-0.15, -0.1) is 0 Å². The summed E-state index contributed by atoms with van der Waals surface area (Å²) in [6.07, 6.45) is 0.807. The number of para-hydroxylation sites is 1. The van der Waals surface area contributed by atoms with Crippen molar-refractivity contribution in [1.82, 2.24) is 14.5 Å². The molecule has 27 heavy (non-hydrogen) atoms. The molecule has 0 aliphatic heterocycles. The number of aromatic nitrogens is 2. The highest BCUT2D eigenvalue weighted by Crippen LogP contribution is 2.14. The first-order valence-corrected chi connectivity index (χ1v) is 9.10. The lowest BCUT2D eigenvalue weighted by Gasteiger charge is -2.19. The van der Waals surface area contributed by atoms with E-state index in [2.05, 4.69) is 5.32 Å².